The predicted molar refractivity (Wildman–Crippen MR) is 85.6 cm³/mol. The van der Waals surface area contributed by atoms with Crippen LogP contribution in [0.15, 0.2) is 24.3 Å². The van der Waals surface area contributed by atoms with E-state index in [0.29, 0.717) is 5.41 Å². The zero-order valence-corrected chi connectivity index (χ0v) is 13.3. The van der Waals surface area contributed by atoms with Gasteiger partial charge in [0.2, 0.25) is 0 Å². The van der Waals surface area contributed by atoms with Crippen LogP contribution in [0.5, 0.6) is 0 Å². The molecule has 0 heterocycles. The average molecular weight is 262 g/mol. The molecule has 0 atom stereocenters. The van der Waals surface area contributed by atoms with Gasteiger partial charge >= 0.3 is 0 Å². The van der Waals surface area contributed by atoms with Gasteiger partial charge in [-0.2, -0.15) is 0 Å². The molecule has 0 aromatic heterocycles. The minimum absolute atomic E-state index is 0.390. The molecule has 0 fully saturated rings. The van der Waals surface area contributed by atoms with Crippen molar-refractivity contribution >= 4 is 5.69 Å². The SMILES string of the molecule is CCN(CC)Cc1ccccc1NCCC(C)(C)C. The van der Waals surface area contributed by atoms with Gasteiger partial charge in [0.25, 0.3) is 0 Å². The predicted octanol–water partition coefficient (Wildman–Crippen LogP) is 4.38. The zero-order valence-electron chi connectivity index (χ0n) is 13.3. The van der Waals surface area contributed by atoms with Crippen LogP contribution in [0, 0.1) is 5.41 Å². The molecule has 0 aliphatic heterocycles. The topological polar surface area (TPSA) is 15.3 Å². The molecule has 1 rings (SSSR count). The first-order chi connectivity index (χ1) is 8.96. The van der Waals surface area contributed by atoms with Gasteiger partial charge in [-0.05, 0) is 36.6 Å². The van der Waals surface area contributed by atoms with E-state index in [1.807, 2.05) is 0 Å². The highest BCUT2D eigenvalue weighted by Crippen LogP contribution is 2.21. The van der Waals surface area contributed by atoms with Crippen LogP contribution in [0.25, 0.3) is 0 Å². The number of hydrogen-bond donors (Lipinski definition) is 1. The van der Waals surface area contributed by atoms with E-state index in [-0.39, 0.29) is 0 Å². The van der Waals surface area contributed by atoms with E-state index in [1.54, 1.807) is 0 Å². The lowest BCUT2D eigenvalue weighted by Gasteiger charge is -2.22. The third kappa shape index (κ3) is 6.11. The Morgan fingerprint density at radius 1 is 1.05 bits per heavy atom. The maximum Gasteiger partial charge on any atom is 0.0385 e. The quantitative estimate of drug-likeness (QED) is 0.784. The summed E-state index contributed by atoms with van der Waals surface area (Å²) in [4.78, 5) is 2.45. The van der Waals surface area contributed by atoms with Crippen molar-refractivity contribution in [1.29, 1.82) is 0 Å². The van der Waals surface area contributed by atoms with Gasteiger partial charge in [-0.3, -0.25) is 4.90 Å². The Morgan fingerprint density at radius 2 is 1.68 bits per heavy atom. The van der Waals surface area contributed by atoms with Crippen LogP contribution in [-0.4, -0.2) is 24.5 Å². The molecule has 1 aromatic carbocycles. The summed E-state index contributed by atoms with van der Waals surface area (Å²) in [5, 5.41) is 3.60. The van der Waals surface area contributed by atoms with E-state index in [9.17, 15) is 0 Å². The summed E-state index contributed by atoms with van der Waals surface area (Å²) >= 11 is 0. The number of para-hydroxylation sites is 1. The monoisotopic (exact) mass is 262 g/mol. The highest BCUT2D eigenvalue weighted by Gasteiger charge is 2.10. The van der Waals surface area contributed by atoms with Crippen LogP contribution >= 0.6 is 0 Å². The second-order valence-electron chi connectivity index (χ2n) is 6.36. The van der Waals surface area contributed by atoms with E-state index >= 15 is 0 Å². The van der Waals surface area contributed by atoms with E-state index < -0.39 is 0 Å². The van der Waals surface area contributed by atoms with Gasteiger partial charge in [0.15, 0.2) is 0 Å². The zero-order chi connectivity index (χ0) is 14.3. The normalized spacial score (nSPS) is 11.9. The van der Waals surface area contributed by atoms with Crippen molar-refractivity contribution in [2.75, 3.05) is 25.0 Å². The first-order valence-corrected chi connectivity index (χ1v) is 7.50. The van der Waals surface area contributed by atoms with Crippen LogP contribution in [0.2, 0.25) is 0 Å². The van der Waals surface area contributed by atoms with Crippen molar-refractivity contribution in [3.63, 3.8) is 0 Å². The number of benzene rings is 1. The fourth-order valence-corrected chi connectivity index (χ4v) is 2.09. The van der Waals surface area contributed by atoms with E-state index in [0.717, 1.165) is 26.2 Å². The van der Waals surface area contributed by atoms with Gasteiger partial charge < -0.3 is 5.32 Å². The lowest BCUT2D eigenvalue weighted by atomic mass is 9.92. The first kappa shape index (κ1) is 16.0. The van der Waals surface area contributed by atoms with Gasteiger partial charge in [-0.25, -0.2) is 0 Å². The van der Waals surface area contributed by atoms with Crippen molar-refractivity contribution in [1.82, 2.24) is 4.90 Å². The molecule has 0 aliphatic carbocycles. The van der Waals surface area contributed by atoms with Crippen LogP contribution in [0.3, 0.4) is 0 Å². The molecule has 1 N–H and O–H groups in total. The number of nitrogens with one attached hydrogen (secondary N) is 1. The van der Waals surface area contributed by atoms with Gasteiger partial charge in [-0.1, -0.05) is 52.8 Å². The third-order valence-electron chi connectivity index (χ3n) is 3.50. The molecule has 0 aliphatic rings. The molecule has 1 aromatic rings. The molecule has 0 radical (unpaired) electrons. The van der Waals surface area contributed by atoms with Crippen molar-refractivity contribution in [2.45, 2.75) is 47.6 Å². The standard InChI is InChI=1S/C17H30N2/c1-6-19(7-2)14-15-10-8-9-11-16(15)18-13-12-17(3,4)5/h8-11,18H,6-7,12-14H2,1-5H3. The van der Waals surface area contributed by atoms with Gasteiger partial charge in [-0.15, -0.1) is 0 Å². The van der Waals surface area contributed by atoms with Gasteiger partial charge in [0, 0.05) is 18.8 Å². The molecule has 0 unspecified atom stereocenters. The molecule has 2 heteroatoms. The maximum absolute atomic E-state index is 3.60. The Bertz CT molecular complexity index is 362. The van der Waals surface area contributed by atoms with Crippen molar-refractivity contribution in [2.24, 2.45) is 5.41 Å². The minimum Gasteiger partial charge on any atom is -0.385 e. The van der Waals surface area contributed by atoms with Crippen LogP contribution < -0.4 is 5.32 Å². The lowest BCUT2D eigenvalue weighted by Crippen LogP contribution is -2.23. The third-order valence-corrected chi connectivity index (χ3v) is 3.50. The molecule has 0 bridgehead atoms. The van der Waals surface area contributed by atoms with Crippen molar-refractivity contribution in [3.05, 3.63) is 29.8 Å². The summed E-state index contributed by atoms with van der Waals surface area (Å²) in [7, 11) is 0. The van der Waals surface area contributed by atoms with Crippen molar-refractivity contribution in [3.8, 4) is 0 Å². The Morgan fingerprint density at radius 3 is 2.26 bits per heavy atom. The highest BCUT2D eigenvalue weighted by molar-refractivity contribution is 5.51. The summed E-state index contributed by atoms with van der Waals surface area (Å²) in [6.45, 7) is 15.6. The molecular weight excluding hydrogens is 232 g/mol. The van der Waals surface area contributed by atoms with Crippen LogP contribution in [0.4, 0.5) is 5.69 Å². The Balaban J connectivity index is 2.62. The van der Waals surface area contributed by atoms with Crippen LogP contribution in [0.1, 0.15) is 46.6 Å². The second kappa shape index (κ2) is 7.54. The fourth-order valence-electron chi connectivity index (χ4n) is 2.09. The number of rotatable bonds is 7. The second-order valence-corrected chi connectivity index (χ2v) is 6.36. The Kier molecular flexibility index (Phi) is 6.36. The van der Waals surface area contributed by atoms with Crippen molar-refractivity contribution < 1.29 is 0 Å². The smallest absolute Gasteiger partial charge is 0.0385 e. The molecule has 19 heavy (non-hydrogen) atoms. The largest absolute Gasteiger partial charge is 0.385 e. The van der Waals surface area contributed by atoms with E-state index in [1.165, 1.54) is 17.7 Å². The number of anilines is 1. The fraction of sp³-hybridized carbons (Fsp3) is 0.647. The minimum atomic E-state index is 0.390. The molecule has 0 spiro atoms. The Hall–Kier alpha value is -1.02. The molecule has 0 saturated carbocycles. The molecule has 0 saturated heterocycles. The molecular formula is C17H30N2. The summed E-state index contributed by atoms with van der Waals surface area (Å²) in [5.41, 5.74) is 3.08. The Labute approximate surface area is 119 Å². The summed E-state index contributed by atoms with van der Waals surface area (Å²) in [6.07, 6.45) is 1.19. The first-order valence-electron chi connectivity index (χ1n) is 7.50. The summed E-state index contributed by atoms with van der Waals surface area (Å²) in [6, 6.07) is 8.68. The number of hydrogen-bond acceptors (Lipinski definition) is 2. The van der Waals surface area contributed by atoms with Crippen LogP contribution in [-0.2, 0) is 6.54 Å². The molecule has 108 valence electrons. The van der Waals surface area contributed by atoms with Gasteiger partial charge in [0.05, 0.1) is 0 Å². The lowest BCUT2D eigenvalue weighted by molar-refractivity contribution is 0.296. The summed E-state index contributed by atoms with van der Waals surface area (Å²) in [5.74, 6) is 0. The van der Waals surface area contributed by atoms with E-state index in [2.05, 4.69) is 69.1 Å². The number of nitrogens with zero attached hydrogens (tertiary/aromatic N) is 1. The molecule has 2 nitrogen and oxygen atoms in total. The van der Waals surface area contributed by atoms with E-state index in [4.69, 9.17) is 0 Å². The average Bonchev–Trinajstić information content (AvgIpc) is 2.36. The molecule has 0 amide bonds. The highest BCUT2D eigenvalue weighted by atomic mass is 15.1. The van der Waals surface area contributed by atoms with Gasteiger partial charge in [0.1, 0.15) is 0 Å². The summed E-state index contributed by atoms with van der Waals surface area (Å²) < 4.78 is 0. The maximum atomic E-state index is 3.60.